The lowest BCUT2D eigenvalue weighted by Gasteiger charge is -2.23. The summed E-state index contributed by atoms with van der Waals surface area (Å²) in [5.41, 5.74) is 0.639. The minimum Gasteiger partial charge on any atom is -0.451 e. The van der Waals surface area contributed by atoms with Crippen molar-refractivity contribution in [3.05, 3.63) is 46.8 Å². The normalized spacial score (nSPS) is 19.4. The molecule has 31 heavy (non-hydrogen) atoms. The van der Waals surface area contributed by atoms with Crippen LogP contribution in [-0.4, -0.2) is 34.1 Å². The van der Waals surface area contributed by atoms with E-state index in [-0.39, 0.29) is 28.5 Å². The van der Waals surface area contributed by atoms with Gasteiger partial charge in [0.25, 0.3) is 10.7 Å². The second kappa shape index (κ2) is 9.47. The molecule has 164 valence electrons. The Balaban J connectivity index is 1.45. The molecule has 8 nitrogen and oxygen atoms in total. The van der Waals surface area contributed by atoms with Crippen molar-refractivity contribution in [2.45, 2.75) is 63.5 Å². The standard InChI is InChI=1S/C22H26N4O4S/c1-2-3-9-16(24-20(28)18-12-13-7-4-5-11-17(13)29-18)19(27)23-15-10-6-8-14(15)21-25-26-22(31)30-21/h4-5,7,11-12,14-16H,2-3,6,8-10H2,1H3,(H,23,27)(H,24,28)(H,26,31)/t14-,15+,16+/m1/s1. The van der Waals surface area contributed by atoms with Crippen molar-refractivity contribution < 1.29 is 18.4 Å². The molecule has 3 N–H and O–H groups in total. The van der Waals surface area contributed by atoms with Crippen LogP contribution in [0.5, 0.6) is 0 Å². The fraction of sp³-hybridized carbons (Fsp3) is 0.455. The average Bonchev–Trinajstić information content (AvgIpc) is 3.49. The molecule has 1 fully saturated rings. The van der Waals surface area contributed by atoms with Gasteiger partial charge < -0.3 is 19.5 Å². The summed E-state index contributed by atoms with van der Waals surface area (Å²) in [7, 11) is 0. The van der Waals surface area contributed by atoms with E-state index in [0.717, 1.165) is 37.5 Å². The third-order valence-corrected chi connectivity index (χ3v) is 5.91. The molecule has 0 bridgehead atoms. The summed E-state index contributed by atoms with van der Waals surface area (Å²) < 4.78 is 11.1. The van der Waals surface area contributed by atoms with Crippen molar-refractivity contribution in [3.63, 3.8) is 0 Å². The Hall–Kier alpha value is -2.94. The predicted octanol–water partition coefficient (Wildman–Crippen LogP) is 4.22. The number of benzene rings is 1. The van der Waals surface area contributed by atoms with Crippen LogP contribution in [0.4, 0.5) is 0 Å². The highest BCUT2D eigenvalue weighted by molar-refractivity contribution is 7.71. The largest absolute Gasteiger partial charge is 0.451 e. The van der Waals surface area contributed by atoms with Crippen LogP contribution in [0.1, 0.15) is 67.8 Å². The van der Waals surface area contributed by atoms with Crippen LogP contribution in [0.25, 0.3) is 11.0 Å². The smallest absolute Gasteiger partial charge is 0.287 e. The van der Waals surface area contributed by atoms with E-state index in [0.29, 0.717) is 17.9 Å². The number of nitrogens with one attached hydrogen (secondary N) is 3. The summed E-state index contributed by atoms with van der Waals surface area (Å²) in [6, 6.07) is 8.36. The van der Waals surface area contributed by atoms with Gasteiger partial charge in [-0.15, -0.1) is 5.10 Å². The lowest BCUT2D eigenvalue weighted by Crippen LogP contribution is -2.50. The van der Waals surface area contributed by atoms with E-state index in [1.807, 2.05) is 24.3 Å². The van der Waals surface area contributed by atoms with Crippen LogP contribution in [0.2, 0.25) is 0 Å². The molecule has 1 aliphatic rings. The fourth-order valence-electron chi connectivity index (χ4n) is 4.11. The molecular formula is C22H26N4O4S. The fourth-order valence-corrected chi connectivity index (χ4v) is 4.24. The van der Waals surface area contributed by atoms with E-state index in [9.17, 15) is 9.59 Å². The number of H-pyrrole nitrogens is 1. The zero-order valence-corrected chi connectivity index (χ0v) is 18.2. The molecule has 9 heteroatoms. The second-order valence-corrected chi connectivity index (χ2v) is 8.29. The number of carbonyl (C=O) groups is 2. The summed E-state index contributed by atoms with van der Waals surface area (Å²) >= 11 is 4.97. The van der Waals surface area contributed by atoms with Crippen LogP contribution >= 0.6 is 12.2 Å². The Morgan fingerprint density at radius 1 is 1.29 bits per heavy atom. The molecule has 1 aliphatic carbocycles. The van der Waals surface area contributed by atoms with Gasteiger partial charge in [0, 0.05) is 11.4 Å². The zero-order chi connectivity index (χ0) is 21.8. The quantitative estimate of drug-likeness (QED) is 0.450. The highest BCUT2D eigenvalue weighted by atomic mass is 32.1. The van der Waals surface area contributed by atoms with Crippen molar-refractivity contribution in [2.75, 3.05) is 0 Å². The van der Waals surface area contributed by atoms with Gasteiger partial charge in [0.15, 0.2) is 5.76 Å². The first-order valence-corrected chi connectivity index (χ1v) is 11.1. The number of unbranched alkanes of at least 4 members (excludes halogenated alkanes) is 1. The van der Waals surface area contributed by atoms with E-state index < -0.39 is 11.9 Å². The van der Waals surface area contributed by atoms with E-state index in [1.165, 1.54) is 0 Å². The minimum atomic E-state index is -0.646. The molecule has 4 rings (SSSR count). The Kier molecular flexibility index (Phi) is 6.50. The summed E-state index contributed by atoms with van der Waals surface area (Å²) in [4.78, 5) is 26.1. The molecule has 3 aromatic rings. The molecule has 3 atom stereocenters. The Bertz CT molecular complexity index is 1080. The molecule has 0 saturated heterocycles. The van der Waals surface area contributed by atoms with Gasteiger partial charge in [-0.1, -0.05) is 44.4 Å². The van der Waals surface area contributed by atoms with Gasteiger partial charge >= 0.3 is 0 Å². The van der Waals surface area contributed by atoms with Gasteiger partial charge in [0.1, 0.15) is 11.6 Å². The van der Waals surface area contributed by atoms with Gasteiger partial charge in [-0.25, -0.2) is 5.10 Å². The van der Waals surface area contributed by atoms with Crippen molar-refractivity contribution >= 4 is 35.0 Å². The molecule has 1 saturated carbocycles. The number of para-hydroxylation sites is 1. The number of amides is 2. The Morgan fingerprint density at radius 3 is 2.87 bits per heavy atom. The molecule has 0 aliphatic heterocycles. The van der Waals surface area contributed by atoms with Gasteiger partial charge in [-0.05, 0) is 43.6 Å². The topological polar surface area (TPSA) is 113 Å². The minimum absolute atomic E-state index is 0.0326. The summed E-state index contributed by atoms with van der Waals surface area (Å²) in [5.74, 6) is 0.0824. The lowest BCUT2D eigenvalue weighted by molar-refractivity contribution is -0.124. The zero-order valence-electron chi connectivity index (χ0n) is 17.3. The van der Waals surface area contributed by atoms with Crippen molar-refractivity contribution in [3.8, 4) is 0 Å². The SMILES string of the molecule is CCCC[C@H](NC(=O)c1cc2ccccc2o1)C(=O)N[C@H]1CCC[C@H]1c1n[nH]c(=S)o1. The van der Waals surface area contributed by atoms with Gasteiger partial charge in [0.2, 0.25) is 11.8 Å². The molecule has 1 aromatic carbocycles. The molecular weight excluding hydrogens is 416 g/mol. The van der Waals surface area contributed by atoms with E-state index in [4.69, 9.17) is 21.1 Å². The third kappa shape index (κ3) is 4.87. The third-order valence-electron chi connectivity index (χ3n) is 5.73. The monoisotopic (exact) mass is 442 g/mol. The average molecular weight is 443 g/mol. The number of carbonyl (C=O) groups excluding carboxylic acids is 2. The molecule has 2 heterocycles. The number of hydrogen-bond acceptors (Lipinski definition) is 6. The van der Waals surface area contributed by atoms with E-state index in [2.05, 4.69) is 27.8 Å². The first kappa shape index (κ1) is 21.3. The van der Waals surface area contributed by atoms with Crippen molar-refractivity contribution in [1.29, 1.82) is 0 Å². The highest BCUT2D eigenvalue weighted by Gasteiger charge is 2.35. The number of fused-ring (bicyclic) bond motifs is 1. The number of aromatic amines is 1. The van der Waals surface area contributed by atoms with Gasteiger partial charge in [-0.2, -0.15) is 0 Å². The van der Waals surface area contributed by atoms with E-state index in [1.54, 1.807) is 6.07 Å². The molecule has 0 radical (unpaired) electrons. The van der Waals surface area contributed by atoms with Crippen LogP contribution in [0.15, 0.2) is 39.2 Å². The predicted molar refractivity (Wildman–Crippen MR) is 117 cm³/mol. The lowest BCUT2D eigenvalue weighted by atomic mass is 10.0. The summed E-state index contributed by atoms with van der Waals surface area (Å²) in [6.45, 7) is 2.05. The maximum atomic E-state index is 13.1. The maximum Gasteiger partial charge on any atom is 0.287 e. The van der Waals surface area contributed by atoms with Crippen molar-refractivity contribution in [1.82, 2.24) is 20.8 Å². The molecule has 0 unspecified atom stereocenters. The number of aromatic nitrogens is 2. The molecule has 2 aromatic heterocycles. The van der Waals surface area contributed by atoms with E-state index >= 15 is 0 Å². The first-order valence-electron chi connectivity index (χ1n) is 10.7. The number of rotatable bonds is 8. The summed E-state index contributed by atoms with van der Waals surface area (Å²) in [6.07, 6.45) is 4.93. The number of hydrogen-bond donors (Lipinski definition) is 3. The maximum absolute atomic E-state index is 13.1. The number of furan rings is 1. The highest BCUT2D eigenvalue weighted by Crippen LogP contribution is 2.33. The number of nitrogens with zero attached hydrogens (tertiary/aromatic N) is 1. The van der Waals surface area contributed by atoms with Gasteiger partial charge in [0.05, 0.1) is 5.92 Å². The Labute approximate surface area is 184 Å². The van der Waals surface area contributed by atoms with Crippen LogP contribution in [0.3, 0.4) is 0 Å². The Morgan fingerprint density at radius 2 is 2.13 bits per heavy atom. The first-order chi connectivity index (χ1) is 15.0. The van der Waals surface area contributed by atoms with Gasteiger partial charge in [-0.3, -0.25) is 9.59 Å². The van der Waals surface area contributed by atoms with Crippen LogP contribution in [0, 0.1) is 4.84 Å². The van der Waals surface area contributed by atoms with Crippen molar-refractivity contribution in [2.24, 2.45) is 0 Å². The molecule has 2 amide bonds. The van der Waals surface area contributed by atoms with Crippen LogP contribution < -0.4 is 10.6 Å². The molecule has 0 spiro atoms. The summed E-state index contributed by atoms with van der Waals surface area (Å²) in [5, 5.41) is 13.6. The second-order valence-electron chi connectivity index (χ2n) is 7.92. The van der Waals surface area contributed by atoms with Crippen LogP contribution in [-0.2, 0) is 4.79 Å².